The fraction of sp³-hybridized carbons (Fsp3) is 0.227. The van der Waals surface area contributed by atoms with E-state index in [0.29, 0.717) is 34.0 Å². The van der Waals surface area contributed by atoms with Gasteiger partial charge < -0.3 is 18.5 Å². The second kappa shape index (κ2) is 9.61. The molecule has 0 radical (unpaired) electrons. The molecule has 0 aliphatic heterocycles. The van der Waals surface area contributed by atoms with Gasteiger partial charge in [0.05, 0.1) is 17.1 Å². The molecule has 2 heterocycles. The number of nitrogens with zero attached hydrogens (tertiary/aromatic N) is 5. The minimum Gasteiger partial charge on any atom is -0.484 e. The summed E-state index contributed by atoms with van der Waals surface area (Å²) >= 11 is 6.19. The fourth-order valence-corrected chi connectivity index (χ4v) is 3.20. The first-order valence-corrected chi connectivity index (χ1v) is 10.2. The van der Waals surface area contributed by atoms with Gasteiger partial charge in [-0.3, -0.25) is 4.79 Å². The molecule has 9 nitrogen and oxygen atoms in total. The predicted molar refractivity (Wildman–Crippen MR) is 116 cm³/mol. The van der Waals surface area contributed by atoms with Crippen molar-refractivity contribution in [1.82, 2.24) is 25.3 Å². The first kappa shape index (κ1) is 21.5. The molecule has 0 bridgehead atoms. The van der Waals surface area contributed by atoms with Gasteiger partial charge in [-0.05, 0) is 50.2 Å². The normalized spacial score (nSPS) is 11.0. The van der Waals surface area contributed by atoms with Gasteiger partial charge >= 0.3 is 0 Å². The zero-order valence-corrected chi connectivity index (χ0v) is 18.2. The fourth-order valence-electron chi connectivity index (χ4n) is 2.99. The van der Waals surface area contributed by atoms with Crippen molar-refractivity contribution in [2.45, 2.75) is 26.4 Å². The van der Waals surface area contributed by atoms with Crippen LogP contribution in [0.4, 0.5) is 0 Å². The summed E-state index contributed by atoms with van der Waals surface area (Å²) in [7, 11) is 0. The van der Waals surface area contributed by atoms with Gasteiger partial charge in [0.2, 0.25) is 24.1 Å². The van der Waals surface area contributed by atoms with Crippen LogP contribution in [0, 0.1) is 0 Å². The average molecular weight is 454 g/mol. The Morgan fingerprint density at radius 3 is 2.53 bits per heavy atom. The number of amides is 1. The van der Waals surface area contributed by atoms with Gasteiger partial charge in [-0.2, -0.15) is 0 Å². The third kappa shape index (κ3) is 4.94. The Balaban J connectivity index is 1.38. The molecule has 0 unspecified atom stereocenters. The molecule has 4 rings (SSSR count). The lowest BCUT2D eigenvalue weighted by Crippen LogP contribution is -2.39. The Morgan fingerprint density at radius 1 is 1.06 bits per heavy atom. The van der Waals surface area contributed by atoms with Crippen LogP contribution < -0.4 is 4.74 Å². The molecule has 0 aliphatic carbocycles. The molecule has 0 saturated carbocycles. The standard InChI is InChI=1S/C22H20ClN5O4/c1-14(2)28(11-19-25-27-22(32-19)17-5-3-4-6-18(17)23)20(29)12-30-16-9-7-15(8-10-16)21-26-24-13-31-21/h3-10,13-14H,11-12H2,1-2H3. The lowest BCUT2D eigenvalue weighted by atomic mass is 10.2. The number of hydrogen-bond acceptors (Lipinski definition) is 8. The quantitative estimate of drug-likeness (QED) is 0.389. The molecule has 164 valence electrons. The first-order valence-electron chi connectivity index (χ1n) is 9.87. The maximum absolute atomic E-state index is 12.8. The Kier molecular flexibility index (Phi) is 6.46. The van der Waals surface area contributed by atoms with E-state index in [2.05, 4.69) is 20.4 Å². The SMILES string of the molecule is CC(C)N(Cc1nnc(-c2ccccc2Cl)o1)C(=O)COc1ccc(-c2nnco2)cc1. The van der Waals surface area contributed by atoms with Crippen molar-refractivity contribution in [2.24, 2.45) is 0 Å². The number of rotatable bonds is 8. The summed E-state index contributed by atoms with van der Waals surface area (Å²) in [5.74, 6) is 1.36. The highest BCUT2D eigenvalue weighted by atomic mass is 35.5. The van der Waals surface area contributed by atoms with Crippen molar-refractivity contribution >= 4 is 17.5 Å². The molecule has 1 amide bonds. The van der Waals surface area contributed by atoms with Crippen molar-refractivity contribution in [1.29, 1.82) is 0 Å². The number of hydrogen-bond donors (Lipinski definition) is 0. The monoisotopic (exact) mass is 453 g/mol. The highest BCUT2D eigenvalue weighted by molar-refractivity contribution is 6.33. The second-order valence-electron chi connectivity index (χ2n) is 7.15. The van der Waals surface area contributed by atoms with E-state index in [9.17, 15) is 4.79 Å². The van der Waals surface area contributed by atoms with Crippen molar-refractivity contribution in [3.05, 3.63) is 65.8 Å². The number of carbonyl (C=O) groups excluding carboxylic acids is 1. The van der Waals surface area contributed by atoms with Crippen molar-refractivity contribution < 1.29 is 18.4 Å². The minimum absolute atomic E-state index is 0.0957. The van der Waals surface area contributed by atoms with Crippen LogP contribution in [0.5, 0.6) is 5.75 Å². The van der Waals surface area contributed by atoms with E-state index < -0.39 is 0 Å². The van der Waals surface area contributed by atoms with Crippen LogP contribution in [0.1, 0.15) is 19.7 Å². The van der Waals surface area contributed by atoms with E-state index in [0.717, 1.165) is 5.56 Å². The largest absolute Gasteiger partial charge is 0.484 e. The molecule has 10 heteroatoms. The van der Waals surface area contributed by atoms with Gasteiger partial charge in [0, 0.05) is 11.6 Å². The van der Waals surface area contributed by atoms with Crippen LogP contribution in [-0.4, -0.2) is 43.9 Å². The number of benzene rings is 2. The molecular formula is C22H20ClN5O4. The predicted octanol–water partition coefficient (Wildman–Crippen LogP) is 4.26. The van der Waals surface area contributed by atoms with E-state index in [1.807, 2.05) is 26.0 Å². The van der Waals surface area contributed by atoms with E-state index in [1.165, 1.54) is 6.39 Å². The van der Waals surface area contributed by atoms with Crippen LogP contribution in [0.2, 0.25) is 5.02 Å². The molecular weight excluding hydrogens is 434 g/mol. The first-order chi connectivity index (χ1) is 15.5. The Labute approximate surface area is 189 Å². The van der Waals surface area contributed by atoms with Gasteiger partial charge in [0.15, 0.2) is 6.61 Å². The highest BCUT2D eigenvalue weighted by Crippen LogP contribution is 2.26. The molecule has 0 fully saturated rings. The lowest BCUT2D eigenvalue weighted by molar-refractivity contribution is -0.136. The maximum atomic E-state index is 12.8. The molecule has 0 spiro atoms. The van der Waals surface area contributed by atoms with Gasteiger partial charge in [0.25, 0.3) is 5.91 Å². The zero-order valence-electron chi connectivity index (χ0n) is 17.4. The van der Waals surface area contributed by atoms with E-state index in [1.54, 1.807) is 41.3 Å². The summed E-state index contributed by atoms with van der Waals surface area (Å²) < 4.78 is 16.5. The third-order valence-corrected chi connectivity index (χ3v) is 4.97. The van der Waals surface area contributed by atoms with Gasteiger partial charge in [-0.15, -0.1) is 20.4 Å². The van der Waals surface area contributed by atoms with Crippen LogP contribution >= 0.6 is 11.6 Å². The zero-order chi connectivity index (χ0) is 22.5. The number of carbonyl (C=O) groups is 1. The molecule has 0 aliphatic rings. The summed E-state index contributed by atoms with van der Waals surface area (Å²) in [6.07, 6.45) is 1.26. The Bertz CT molecular complexity index is 1180. The summed E-state index contributed by atoms with van der Waals surface area (Å²) in [4.78, 5) is 14.4. The molecule has 0 atom stereocenters. The van der Waals surface area contributed by atoms with E-state index in [-0.39, 0.29) is 25.1 Å². The van der Waals surface area contributed by atoms with E-state index in [4.69, 9.17) is 25.2 Å². The molecule has 32 heavy (non-hydrogen) atoms. The number of ether oxygens (including phenoxy) is 1. The third-order valence-electron chi connectivity index (χ3n) is 4.64. The van der Waals surface area contributed by atoms with E-state index >= 15 is 0 Å². The van der Waals surface area contributed by atoms with Crippen LogP contribution in [0.15, 0.2) is 63.8 Å². The summed E-state index contributed by atoms with van der Waals surface area (Å²) in [5, 5.41) is 16.1. The Hall–Kier alpha value is -3.72. The van der Waals surface area contributed by atoms with Crippen molar-refractivity contribution in [2.75, 3.05) is 6.61 Å². The van der Waals surface area contributed by atoms with Crippen LogP contribution in [0.3, 0.4) is 0 Å². The Morgan fingerprint density at radius 2 is 1.84 bits per heavy atom. The molecule has 2 aromatic carbocycles. The van der Waals surface area contributed by atoms with Gasteiger partial charge in [-0.1, -0.05) is 23.7 Å². The minimum atomic E-state index is -0.210. The molecule has 0 saturated heterocycles. The summed E-state index contributed by atoms with van der Waals surface area (Å²) in [6, 6.07) is 14.1. The van der Waals surface area contributed by atoms with Crippen LogP contribution in [-0.2, 0) is 11.3 Å². The second-order valence-corrected chi connectivity index (χ2v) is 7.56. The van der Waals surface area contributed by atoms with Crippen molar-refractivity contribution in [3.8, 4) is 28.7 Å². The number of aromatic nitrogens is 4. The van der Waals surface area contributed by atoms with Crippen LogP contribution in [0.25, 0.3) is 22.9 Å². The summed E-state index contributed by atoms with van der Waals surface area (Å²) in [6.45, 7) is 3.84. The van der Waals surface area contributed by atoms with Gasteiger partial charge in [0.1, 0.15) is 5.75 Å². The molecule has 4 aromatic rings. The maximum Gasteiger partial charge on any atom is 0.261 e. The topological polar surface area (TPSA) is 107 Å². The van der Waals surface area contributed by atoms with Gasteiger partial charge in [-0.25, -0.2) is 0 Å². The number of halogens is 1. The average Bonchev–Trinajstić information content (AvgIpc) is 3.49. The van der Waals surface area contributed by atoms with Crippen molar-refractivity contribution in [3.63, 3.8) is 0 Å². The highest BCUT2D eigenvalue weighted by Gasteiger charge is 2.21. The lowest BCUT2D eigenvalue weighted by Gasteiger charge is -2.25. The summed E-state index contributed by atoms with van der Waals surface area (Å²) in [5.41, 5.74) is 1.40. The molecule has 0 N–H and O–H groups in total. The molecule has 2 aromatic heterocycles. The smallest absolute Gasteiger partial charge is 0.261 e.